The van der Waals surface area contributed by atoms with Crippen LogP contribution >= 0.6 is 0 Å². The van der Waals surface area contributed by atoms with Gasteiger partial charge in [-0.05, 0) is 24.1 Å². The maximum Gasteiger partial charge on any atom is 0.200 e. The monoisotopic (exact) mass is 222 g/mol. The highest BCUT2D eigenvalue weighted by atomic mass is 32.2. The zero-order valence-corrected chi connectivity index (χ0v) is 9.04. The fourth-order valence-corrected chi connectivity index (χ4v) is 3.43. The van der Waals surface area contributed by atoms with Crippen LogP contribution in [0.15, 0.2) is 28.5 Å². The van der Waals surface area contributed by atoms with E-state index < -0.39 is 9.84 Å². The van der Waals surface area contributed by atoms with Crippen molar-refractivity contribution >= 4 is 21.7 Å². The lowest BCUT2D eigenvalue weighted by Gasteiger charge is -2.05. The molecule has 0 amide bonds. The number of sulfone groups is 1. The van der Waals surface area contributed by atoms with Crippen molar-refractivity contribution in [3.8, 4) is 0 Å². The standard InChI is InChI=1S/C11H10O3S/c1-8-7-15(13,14)10-4-2-3-9(5-6-12)11(8)10/h2-4,6-7H,5H2,1H3. The first-order valence-electron chi connectivity index (χ1n) is 4.55. The Labute approximate surface area is 88.3 Å². The van der Waals surface area contributed by atoms with Crippen LogP contribution in [0.4, 0.5) is 0 Å². The average Bonchev–Trinajstić information content (AvgIpc) is 2.39. The molecule has 0 bridgehead atoms. The van der Waals surface area contributed by atoms with Gasteiger partial charge in [0.25, 0.3) is 0 Å². The van der Waals surface area contributed by atoms with Gasteiger partial charge >= 0.3 is 0 Å². The molecule has 0 fully saturated rings. The average molecular weight is 222 g/mol. The molecule has 0 N–H and O–H groups in total. The van der Waals surface area contributed by atoms with Crippen LogP contribution in [0.1, 0.15) is 18.1 Å². The summed E-state index contributed by atoms with van der Waals surface area (Å²) < 4.78 is 23.3. The number of benzene rings is 1. The molecule has 1 aliphatic rings. The van der Waals surface area contributed by atoms with Crippen LogP contribution in [0.5, 0.6) is 0 Å². The summed E-state index contributed by atoms with van der Waals surface area (Å²) in [6.45, 7) is 1.75. The summed E-state index contributed by atoms with van der Waals surface area (Å²) >= 11 is 0. The van der Waals surface area contributed by atoms with Gasteiger partial charge in [0.2, 0.25) is 9.84 Å². The highest BCUT2D eigenvalue weighted by molar-refractivity contribution is 7.95. The Morgan fingerprint density at radius 2 is 2.07 bits per heavy atom. The molecule has 0 aliphatic carbocycles. The highest BCUT2D eigenvalue weighted by Gasteiger charge is 2.26. The van der Waals surface area contributed by atoms with E-state index in [1.54, 1.807) is 25.1 Å². The maximum absolute atomic E-state index is 11.7. The number of fused-ring (bicyclic) bond motifs is 1. The summed E-state index contributed by atoms with van der Waals surface area (Å²) in [4.78, 5) is 10.8. The molecule has 4 heteroatoms. The van der Waals surface area contributed by atoms with Crippen LogP contribution in [0.25, 0.3) is 5.57 Å². The third-order valence-corrected chi connectivity index (χ3v) is 4.07. The topological polar surface area (TPSA) is 51.2 Å². The highest BCUT2D eigenvalue weighted by Crippen LogP contribution is 2.35. The number of carbonyl (C=O) groups is 1. The smallest absolute Gasteiger partial charge is 0.200 e. The fourth-order valence-electron chi connectivity index (χ4n) is 1.88. The lowest BCUT2D eigenvalue weighted by Crippen LogP contribution is -1.97. The summed E-state index contributed by atoms with van der Waals surface area (Å²) in [5.41, 5.74) is 2.18. The minimum absolute atomic E-state index is 0.254. The molecular weight excluding hydrogens is 212 g/mol. The number of rotatable bonds is 2. The zero-order chi connectivity index (χ0) is 11.1. The van der Waals surface area contributed by atoms with Crippen LogP contribution in [0.3, 0.4) is 0 Å². The van der Waals surface area contributed by atoms with Crippen LogP contribution in [-0.2, 0) is 21.1 Å². The third kappa shape index (κ3) is 1.51. The summed E-state index contributed by atoms with van der Waals surface area (Å²) in [6, 6.07) is 5.03. The van der Waals surface area contributed by atoms with E-state index in [0.717, 1.165) is 11.8 Å². The van der Waals surface area contributed by atoms with Gasteiger partial charge in [0.15, 0.2) is 0 Å². The number of carbonyl (C=O) groups excluding carboxylic acids is 1. The Kier molecular flexibility index (Phi) is 2.23. The molecule has 0 unspecified atom stereocenters. The van der Waals surface area contributed by atoms with Gasteiger partial charge in [-0.15, -0.1) is 0 Å². The molecule has 1 aromatic carbocycles. The Morgan fingerprint density at radius 1 is 1.33 bits per heavy atom. The van der Waals surface area contributed by atoms with Gasteiger partial charge in [0, 0.05) is 17.4 Å². The van der Waals surface area contributed by atoms with Crippen LogP contribution in [0.2, 0.25) is 0 Å². The summed E-state index contributed by atoms with van der Waals surface area (Å²) in [7, 11) is -3.27. The van der Waals surface area contributed by atoms with Gasteiger partial charge in [-0.25, -0.2) is 8.42 Å². The normalized spacial score (nSPS) is 17.0. The first-order chi connectivity index (χ1) is 7.06. The second kappa shape index (κ2) is 3.31. The number of hydrogen-bond donors (Lipinski definition) is 0. The van der Waals surface area contributed by atoms with Crippen LogP contribution in [-0.4, -0.2) is 14.7 Å². The van der Waals surface area contributed by atoms with E-state index in [9.17, 15) is 13.2 Å². The van der Waals surface area contributed by atoms with Crippen molar-refractivity contribution in [1.82, 2.24) is 0 Å². The van der Waals surface area contributed by atoms with Gasteiger partial charge < -0.3 is 4.79 Å². The van der Waals surface area contributed by atoms with Crippen molar-refractivity contribution in [2.45, 2.75) is 18.2 Å². The van der Waals surface area contributed by atoms with Gasteiger partial charge in [-0.2, -0.15) is 0 Å². The molecule has 15 heavy (non-hydrogen) atoms. The molecule has 0 atom stereocenters. The van der Waals surface area contributed by atoms with E-state index in [2.05, 4.69) is 0 Å². The first kappa shape index (κ1) is 10.1. The molecular formula is C11H10O3S. The van der Waals surface area contributed by atoms with E-state index in [0.29, 0.717) is 16.0 Å². The maximum atomic E-state index is 11.7. The van der Waals surface area contributed by atoms with Crippen molar-refractivity contribution in [3.63, 3.8) is 0 Å². The second-order valence-electron chi connectivity index (χ2n) is 3.51. The summed E-state index contributed by atoms with van der Waals surface area (Å²) in [5, 5.41) is 1.26. The van der Waals surface area contributed by atoms with Crippen molar-refractivity contribution in [2.75, 3.05) is 0 Å². The number of allylic oxidation sites excluding steroid dienone is 1. The van der Waals surface area contributed by atoms with E-state index in [1.165, 1.54) is 5.41 Å². The zero-order valence-electron chi connectivity index (χ0n) is 8.23. The Morgan fingerprint density at radius 3 is 2.73 bits per heavy atom. The predicted octanol–water partition coefficient (Wildman–Crippen LogP) is 1.58. The van der Waals surface area contributed by atoms with Gasteiger partial charge in [0.05, 0.1) is 4.90 Å². The Bertz CT molecular complexity index is 553. The van der Waals surface area contributed by atoms with Crippen LogP contribution in [0, 0.1) is 0 Å². The molecule has 1 aromatic rings. The molecule has 0 radical (unpaired) electrons. The fraction of sp³-hybridized carbons (Fsp3) is 0.182. The van der Waals surface area contributed by atoms with Gasteiger partial charge in [-0.3, -0.25) is 0 Å². The van der Waals surface area contributed by atoms with Crippen molar-refractivity contribution in [2.24, 2.45) is 0 Å². The molecule has 78 valence electrons. The SMILES string of the molecule is CC1=CS(=O)(=O)c2cccc(CC=O)c21. The predicted molar refractivity (Wildman–Crippen MR) is 57.0 cm³/mol. The summed E-state index contributed by atoms with van der Waals surface area (Å²) in [5.74, 6) is 0. The van der Waals surface area contributed by atoms with Crippen molar-refractivity contribution < 1.29 is 13.2 Å². The largest absolute Gasteiger partial charge is 0.303 e. The first-order valence-corrected chi connectivity index (χ1v) is 6.10. The second-order valence-corrected chi connectivity index (χ2v) is 5.27. The third-order valence-electron chi connectivity index (χ3n) is 2.45. The summed E-state index contributed by atoms with van der Waals surface area (Å²) in [6.07, 6.45) is 1.04. The van der Waals surface area contributed by atoms with E-state index >= 15 is 0 Å². The van der Waals surface area contributed by atoms with Crippen LogP contribution < -0.4 is 0 Å². The molecule has 0 saturated carbocycles. The van der Waals surface area contributed by atoms with Crippen molar-refractivity contribution in [3.05, 3.63) is 34.7 Å². The molecule has 3 nitrogen and oxygen atoms in total. The Hall–Kier alpha value is -1.42. The van der Waals surface area contributed by atoms with E-state index in [4.69, 9.17) is 0 Å². The van der Waals surface area contributed by atoms with Gasteiger partial charge in [-0.1, -0.05) is 12.1 Å². The molecule has 0 saturated heterocycles. The minimum atomic E-state index is -3.27. The molecule has 1 heterocycles. The quantitative estimate of drug-likeness (QED) is 0.714. The number of aldehydes is 1. The van der Waals surface area contributed by atoms with E-state index in [-0.39, 0.29) is 6.42 Å². The van der Waals surface area contributed by atoms with Gasteiger partial charge in [0.1, 0.15) is 6.29 Å². The molecule has 0 aromatic heterocycles. The molecule has 1 aliphatic heterocycles. The number of hydrogen-bond acceptors (Lipinski definition) is 3. The Balaban J connectivity index is 2.74. The van der Waals surface area contributed by atoms with E-state index in [1.807, 2.05) is 0 Å². The minimum Gasteiger partial charge on any atom is -0.303 e. The lowest BCUT2D eigenvalue weighted by molar-refractivity contribution is -0.107. The molecule has 2 rings (SSSR count). The molecule has 0 spiro atoms. The lowest BCUT2D eigenvalue weighted by atomic mass is 10.0. The van der Waals surface area contributed by atoms with Crippen molar-refractivity contribution in [1.29, 1.82) is 0 Å².